The normalized spacial score (nSPS) is 10.1. The van der Waals surface area contributed by atoms with Crippen LogP contribution in [-0.2, 0) is 13.0 Å². The van der Waals surface area contributed by atoms with Crippen LogP contribution < -0.4 is 0 Å². The molecular formula is C10H14ClN3. The third-order valence-electron chi connectivity index (χ3n) is 2.22. The van der Waals surface area contributed by atoms with Gasteiger partial charge in [0, 0.05) is 19.2 Å². The van der Waals surface area contributed by atoms with Crippen LogP contribution in [0.25, 0.3) is 11.2 Å². The lowest BCUT2D eigenvalue weighted by molar-refractivity contribution is 0.719. The lowest BCUT2D eigenvalue weighted by Crippen LogP contribution is -2.00. The van der Waals surface area contributed by atoms with Crippen molar-refractivity contribution in [3.05, 3.63) is 24.2 Å². The number of hydrogen-bond acceptors (Lipinski definition) is 2. The van der Waals surface area contributed by atoms with Gasteiger partial charge in [0.05, 0.1) is 0 Å². The molecule has 2 rings (SSSR count). The van der Waals surface area contributed by atoms with Crippen LogP contribution in [0.5, 0.6) is 0 Å². The van der Waals surface area contributed by atoms with Gasteiger partial charge in [-0.3, -0.25) is 0 Å². The summed E-state index contributed by atoms with van der Waals surface area (Å²) in [5.74, 6) is 1.12. The smallest absolute Gasteiger partial charge is 0.159 e. The summed E-state index contributed by atoms with van der Waals surface area (Å²) in [4.78, 5) is 8.82. The molecule has 0 bridgehead atoms. The molecule has 0 aliphatic heterocycles. The van der Waals surface area contributed by atoms with Crippen LogP contribution >= 0.6 is 12.4 Å². The molecule has 2 heterocycles. The Bertz CT molecular complexity index is 422. The minimum atomic E-state index is 0. The zero-order chi connectivity index (χ0) is 9.26. The van der Waals surface area contributed by atoms with Gasteiger partial charge in [-0.1, -0.05) is 6.92 Å². The van der Waals surface area contributed by atoms with E-state index in [1.54, 1.807) is 0 Å². The van der Waals surface area contributed by atoms with Crippen LogP contribution in [0.2, 0.25) is 0 Å². The van der Waals surface area contributed by atoms with E-state index in [0.717, 1.165) is 30.0 Å². The van der Waals surface area contributed by atoms with E-state index in [4.69, 9.17) is 0 Å². The average Bonchev–Trinajstić information content (AvgIpc) is 2.55. The van der Waals surface area contributed by atoms with Gasteiger partial charge in [-0.2, -0.15) is 0 Å². The highest BCUT2D eigenvalue weighted by Gasteiger charge is 2.06. The third-order valence-corrected chi connectivity index (χ3v) is 2.22. The number of imidazole rings is 1. The van der Waals surface area contributed by atoms with Crippen molar-refractivity contribution in [1.29, 1.82) is 0 Å². The standard InChI is InChI=1S/C10H13N3.ClH/c1-3-9-12-8-6-5-7-11-10(8)13(9)4-2;/h5-7H,3-4H2,1-2H3;1H. The molecule has 0 aliphatic carbocycles. The maximum absolute atomic E-state index is 4.50. The third kappa shape index (κ3) is 1.60. The van der Waals surface area contributed by atoms with E-state index in [2.05, 4.69) is 28.4 Å². The van der Waals surface area contributed by atoms with Crippen molar-refractivity contribution in [2.24, 2.45) is 0 Å². The van der Waals surface area contributed by atoms with Gasteiger partial charge in [0.2, 0.25) is 0 Å². The number of rotatable bonds is 2. The van der Waals surface area contributed by atoms with E-state index < -0.39 is 0 Å². The minimum Gasteiger partial charge on any atom is -0.313 e. The number of nitrogens with zero attached hydrogens (tertiary/aromatic N) is 3. The Hall–Kier alpha value is -1.09. The molecule has 0 saturated carbocycles. The molecule has 0 atom stereocenters. The molecule has 0 radical (unpaired) electrons. The van der Waals surface area contributed by atoms with Crippen molar-refractivity contribution in [1.82, 2.24) is 14.5 Å². The van der Waals surface area contributed by atoms with Gasteiger partial charge < -0.3 is 4.57 Å². The summed E-state index contributed by atoms with van der Waals surface area (Å²) < 4.78 is 2.16. The quantitative estimate of drug-likeness (QED) is 0.764. The van der Waals surface area contributed by atoms with Gasteiger partial charge in [-0.15, -0.1) is 12.4 Å². The number of fused-ring (bicyclic) bond motifs is 1. The van der Waals surface area contributed by atoms with E-state index in [-0.39, 0.29) is 12.4 Å². The molecule has 0 fully saturated rings. The van der Waals surface area contributed by atoms with Crippen LogP contribution in [0, 0.1) is 0 Å². The van der Waals surface area contributed by atoms with Gasteiger partial charge in [0.25, 0.3) is 0 Å². The van der Waals surface area contributed by atoms with Gasteiger partial charge >= 0.3 is 0 Å². The molecule has 0 aliphatic rings. The zero-order valence-electron chi connectivity index (χ0n) is 8.40. The molecule has 2 aromatic heterocycles. The Kier molecular flexibility index (Phi) is 3.47. The van der Waals surface area contributed by atoms with E-state index in [9.17, 15) is 0 Å². The second kappa shape index (κ2) is 4.42. The zero-order valence-corrected chi connectivity index (χ0v) is 9.21. The van der Waals surface area contributed by atoms with Crippen molar-refractivity contribution in [2.45, 2.75) is 26.8 Å². The van der Waals surface area contributed by atoms with Crippen LogP contribution in [0.1, 0.15) is 19.7 Å². The maximum Gasteiger partial charge on any atom is 0.159 e. The monoisotopic (exact) mass is 211 g/mol. The minimum absolute atomic E-state index is 0. The largest absolute Gasteiger partial charge is 0.313 e. The fourth-order valence-electron chi connectivity index (χ4n) is 1.61. The molecule has 0 saturated heterocycles. The summed E-state index contributed by atoms with van der Waals surface area (Å²) in [6.45, 7) is 5.18. The fourth-order valence-corrected chi connectivity index (χ4v) is 1.61. The molecular weight excluding hydrogens is 198 g/mol. The first-order valence-corrected chi connectivity index (χ1v) is 4.67. The topological polar surface area (TPSA) is 30.7 Å². The number of halogens is 1. The van der Waals surface area contributed by atoms with Gasteiger partial charge in [0.15, 0.2) is 5.65 Å². The molecule has 14 heavy (non-hydrogen) atoms. The molecule has 0 aromatic carbocycles. The highest BCUT2D eigenvalue weighted by Crippen LogP contribution is 2.13. The SMILES string of the molecule is CCc1nc2cccnc2n1CC.Cl. The molecule has 76 valence electrons. The Morgan fingerprint density at radius 2 is 2.14 bits per heavy atom. The number of aryl methyl sites for hydroxylation is 2. The summed E-state index contributed by atoms with van der Waals surface area (Å²) >= 11 is 0. The van der Waals surface area contributed by atoms with Crippen molar-refractivity contribution < 1.29 is 0 Å². The maximum atomic E-state index is 4.50. The predicted octanol–water partition coefficient (Wildman–Crippen LogP) is 2.44. The first-order valence-electron chi connectivity index (χ1n) is 4.67. The molecule has 3 nitrogen and oxygen atoms in total. The van der Waals surface area contributed by atoms with Crippen LogP contribution in [0.4, 0.5) is 0 Å². The van der Waals surface area contributed by atoms with E-state index in [1.807, 2.05) is 18.3 Å². The van der Waals surface area contributed by atoms with Crippen molar-refractivity contribution in [3.63, 3.8) is 0 Å². The Balaban J connectivity index is 0.000000980. The summed E-state index contributed by atoms with van der Waals surface area (Å²) in [5, 5.41) is 0. The molecule has 0 amide bonds. The lowest BCUT2D eigenvalue weighted by Gasteiger charge is -2.01. The molecule has 2 aromatic rings. The molecule has 0 unspecified atom stereocenters. The highest BCUT2D eigenvalue weighted by molar-refractivity contribution is 5.85. The van der Waals surface area contributed by atoms with Crippen LogP contribution in [0.3, 0.4) is 0 Å². The Morgan fingerprint density at radius 3 is 2.79 bits per heavy atom. The number of aromatic nitrogens is 3. The molecule has 0 spiro atoms. The van der Waals surface area contributed by atoms with Gasteiger partial charge in [-0.25, -0.2) is 9.97 Å². The van der Waals surface area contributed by atoms with Gasteiger partial charge in [-0.05, 0) is 19.1 Å². The first kappa shape index (κ1) is 11.0. The summed E-state index contributed by atoms with van der Waals surface area (Å²) in [6.07, 6.45) is 2.78. The summed E-state index contributed by atoms with van der Waals surface area (Å²) in [6, 6.07) is 3.93. The van der Waals surface area contributed by atoms with E-state index >= 15 is 0 Å². The van der Waals surface area contributed by atoms with E-state index in [1.165, 1.54) is 0 Å². The summed E-state index contributed by atoms with van der Waals surface area (Å²) in [7, 11) is 0. The van der Waals surface area contributed by atoms with Crippen molar-refractivity contribution >= 4 is 23.6 Å². The van der Waals surface area contributed by atoms with Crippen LogP contribution in [-0.4, -0.2) is 14.5 Å². The van der Waals surface area contributed by atoms with E-state index in [0.29, 0.717) is 0 Å². The lowest BCUT2D eigenvalue weighted by atomic mass is 10.4. The van der Waals surface area contributed by atoms with Gasteiger partial charge in [0.1, 0.15) is 11.3 Å². The number of hydrogen-bond donors (Lipinski definition) is 0. The highest BCUT2D eigenvalue weighted by atomic mass is 35.5. The Morgan fingerprint density at radius 1 is 1.36 bits per heavy atom. The Labute approximate surface area is 89.6 Å². The predicted molar refractivity (Wildman–Crippen MR) is 59.8 cm³/mol. The second-order valence-corrected chi connectivity index (χ2v) is 2.97. The first-order chi connectivity index (χ1) is 6.36. The van der Waals surface area contributed by atoms with Crippen LogP contribution in [0.15, 0.2) is 18.3 Å². The second-order valence-electron chi connectivity index (χ2n) is 2.97. The van der Waals surface area contributed by atoms with Crippen molar-refractivity contribution in [3.8, 4) is 0 Å². The molecule has 4 heteroatoms. The molecule has 0 N–H and O–H groups in total. The average molecular weight is 212 g/mol. The fraction of sp³-hybridized carbons (Fsp3) is 0.400. The summed E-state index contributed by atoms with van der Waals surface area (Å²) in [5.41, 5.74) is 2.00. The number of pyridine rings is 1. The van der Waals surface area contributed by atoms with Crippen molar-refractivity contribution in [2.75, 3.05) is 0 Å².